The van der Waals surface area contributed by atoms with Gasteiger partial charge < -0.3 is 0 Å². The van der Waals surface area contributed by atoms with E-state index in [1.165, 1.54) is 0 Å². The molecule has 2 aromatic heterocycles. The molecule has 0 bridgehead atoms. The molecule has 0 radical (unpaired) electrons. The Hall–Kier alpha value is -3.12. The van der Waals surface area contributed by atoms with Crippen molar-refractivity contribution in [2.24, 2.45) is 14.1 Å². The van der Waals surface area contributed by atoms with Gasteiger partial charge >= 0.3 is 5.69 Å². The summed E-state index contributed by atoms with van der Waals surface area (Å²) in [5.41, 5.74) is 5.73. The topological polar surface area (TPSA) is 44.8 Å². The molecule has 5 nitrogen and oxygen atoms in total. The van der Waals surface area contributed by atoms with Crippen molar-refractivity contribution in [3.05, 3.63) is 81.7 Å². The van der Waals surface area contributed by atoms with E-state index in [1.54, 1.807) is 23.2 Å². The first-order chi connectivity index (χ1) is 13.5. The number of imidazole rings is 2. The van der Waals surface area contributed by atoms with Crippen molar-refractivity contribution < 1.29 is 0 Å². The number of halogens is 1. The number of aryl methyl sites for hydroxylation is 2. The highest BCUT2D eigenvalue weighted by Gasteiger charge is 2.16. The fourth-order valence-electron chi connectivity index (χ4n) is 3.71. The highest BCUT2D eigenvalue weighted by molar-refractivity contribution is 9.10. The maximum absolute atomic E-state index is 12.3. The number of aromatic nitrogens is 4. The predicted octanol–water partition coefficient (Wildman–Crippen LogP) is 4.65. The van der Waals surface area contributed by atoms with Gasteiger partial charge in [-0.3, -0.25) is 13.7 Å². The molecule has 6 heteroatoms. The summed E-state index contributed by atoms with van der Waals surface area (Å²) in [5.74, 6) is 0.869. The van der Waals surface area contributed by atoms with Crippen LogP contribution >= 0.6 is 15.9 Å². The number of hydrogen-bond acceptors (Lipinski definition) is 2. The molecule has 0 unspecified atom stereocenters. The minimum absolute atomic E-state index is 0.0317. The molecule has 0 aliphatic rings. The fourth-order valence-corrected chi connectivity index (χ4v) is 3.98. The first-order valence-corrected chi connectivity index (χ1v) is 9.73. The van der Waals surface area contributed by atoms with Crippen molar-refractivity contribution in [2.75, 3.05) is 0 Å². The smallest absolute Gasteiger partial charge is 0.295 e. The van der Waals surface area contributed by atoms with Crippen LogP contribution in [-0.2, 0) is 14.1 Å². The molecular weight excluding hydrogens is 416 g/mol. The molecule has 0 fully saturated rings. The SMILES string of the molecule is Cn1c(=O)n(C)c2cc(-n3c(-c4ccc(Br)cc4)nc4ccccc43)ccc21. The Morgan fingerprint density at radius 1 is 0.821 bits per heavy atom. The summed E-state index contributed by atoms with van der Waals surface area (Å²) in [7, 11) is 3.60. The molecule has 138 valence electrons. The second-order valence-corrected chi connectivity index (χ2v) is 7.76. The van der Waals surface area contributed by atoms with E-state index >= 15 is 0 Å². The number of hydrogen-bond donors (Lipinski definition) is 0. The van der Waals surface area contributed by atoms with Gasteiger partial charge in [-0.1, -0.05) is 40.2 Å². The van der Waals surface area contributed by atoms with Crippen molar-refractivity contribution in [2.45, 2.75) is 0 Å². The van der Waals surface area contributed by atoms with Crippen LogP contribution in [-0.4, -0.2) is 18.7 Å². The quantitative estimate of drug-likeness (QED) is 0.407. The first-order valence-electron chi connectivity index (χ1n) is 8.94. The fraction of sp³-hybridized carbons (Fsp3) is 0.0909. The molecule has 0 saturated carbocycles. The molecule has 28 heavy (non-hydrogen) atoms. The summed E-state index contributed by atoms with van der Waals surface area (Å²) in [6.45, 7) is 0. The van der Waals surface area contributed by atoms with Crippen LogP contribution in [0.2, 0.25) is 0 Å². The molecular formula is C22H17BrN4O. The Balaban J connectivity index is 1.84. The average Bonchev–Trinajstić information content (AvgIpc) is 3.20. The number of nitrogens with zero attached hydrogens (tertiary/aromatic N) is 4. The van der Waals surface area contributed by atoms with Crippen LogP contribution in [0, 0.1) is 0 Å². The third kappa shape index (κ3) is 2.45. The van der Waals surface area contributed by atoms with Gasteiger partial charge in [0.1, 0.15) is 5.82 Å². The van der Waals surface area contributed by atoms with E-state index in [1.807, 2.05) is 48.5 Å². The van der Waals surface area contributed by atoms with Crippen LogP contribution in [0.1, 0.15) is 0 Å². The number of para-hydroxylation sites is 2. The molecule has 5 rings (SSSR count). The largest absolute Gasteiger partial charge is 0.328 e. The summed E-state index contributed by atoms with van der Waals surface area (Å²) < 4.78 is 6.52. The van der Waals surface area contributed by atoms with Gasteiger partial charge in [0, 0.05) is 29.8 Å². The van der Waals surface area contributed by atoms with Crippen LogP contribution in [0.15, 0.2) is 76.0 Å². The lowest BCUT2D eigenvalue weighted by atomic mass is 10.2. The highest BCUT2D eigenvalue weighted by atomic mass is 79.9. The summed E-state index contributed by atoms with van der Waals surface area (Å²) in [4.78, 5) is 17.2. The molecule has 0 aliphatic heterocycles. The molecule has 0 atom stereocenters. The molecule has 2 heterocycles. The first kappa shape index (κ1) is 17.0. The summed E-state index contributed by atoms with van der Waals surface area (Å²) in [6.07, 6.45) is 0. The van der Waals surface area contributed by atoms with E-state index in [2.05, 4.69) is 38.7 Å². The van der Waals surface area contributed by atoms with Gasteiger partial charge in [0.15, 0.2) is 0 Å². The molecule has 0 saturated heterocycles. The monoisotopic (exact) mass is 432 g/mol. The van der Waals surface area contributed by atoms with Gasteiger partial charge in [-0.25, -0.2) is 9.78 Å². The van der Waals surface area contributed by atoms with Crippen LogP contribution in [0.3, 0.4) is 0 Å². The number of rotatable bonds is 2. The predicted molar refractivity (Wildman–Crippen MR) is 116 cm³/mol. The Morgan fingerprint density at radius 2 is 1.54 bits per heavy atom. The van der Waals surface area contributed by atoms with Gasteiger partial charge in [0.2, 0.25) is 0 Å². The second-order valence-electron chi connectivity index (χ2n) is 6.84. The minimum atomic E-state index is -0.0317. The Kier molecular flexibility index (Phi) is 3.77. The van der Waals surface area contributed by atoms with Gasteiger partial charge in [-0.15, -0.1) is 0 Å². The van der Waals surface area contributed by atoms with Crippen LogP contribution in [0.4, 0.5) is 0 Å². The molecule has 0 amide bonds. The molecule has 0 aliphatic carbocycles. The van der Waals surface area contributed by atoms with Crippen molar-refractivity contribution in [1.29, 1.82) is 0 Å². The van der Waals surface area contributed by atoms with Crippen LogP contribution in [0.25, 0.3) is 39.1 Å². The summed E-state index contributed by atoms with van der Waals surface area (Å²) in [5, 5.41) is 0. The van der Waals surface area contributed by atoms with Crippen molar-refractivity contribution in [3.63, 3.8) is 0 Å². The number of benzene rings is 3. The van der Waals surface area contributed by atoms with Crippen molar-refractivity contribution >= 4 is 38.0 Å². The van der Waals surface area contributed by atoms with E-state index < -0.39 is 0 Å². The third-order valence-corrected chi connectivity index (χ3v) is 5.71. The molecule has 0 N–H and O–H groups in total. The summed E-state index contributed by atoms with van der Waals surface area (Å²) in [6, 6.07) is 22.3. The van der Waals surface area contributed by atoms with Crippen LogP contribution in [0.5, 0.6) is 0 Å². The second kappa shape index (κ2) is 6.21. The standard InChI is InChI=1S/C22H17BrN4O/c1-25-19-12-11-16(13-20(19)26(2)22(25)28)27-18-6-4-3-5-17(18)24-21(27)14-7-9-15(23)10-8-14/h3-13H,1-2H3. The molecule has 5 aromatic rings. The van der Waals surface area contributed by atoms with Gasteiger partial charge in [-0.05, 0) is 42.5 Å². The van der Waals surface area contributed by atoms with E-state index in [-0.39, 0.29) is 5.69 Å². The maximum Gasteiger partial charge on any atom is 0.328 e. The Morgan fingerprint density at radius 3 is 2.32 bits per heavy atom. The molecule has 0 spiro atoms. The Labute approximate surface area is 169 Å². The normalized spacial score (nSPS) is 11.5. The number of fused-ring (bicyclic) bond motifs is 2. The Bertz CT molecular complexity index is 1410. The lowest BCUT2D eigenvalue weighted by Crippen LogP contribution is -2.19. The van der Waals surface area contributed by atoms with E-state index in [0.717, 1.165) is 43.6 Å². The highest BCUT2D eigenvalue weighted by Crippen LogP contribution is 2.30. The van der Waals surface area contributed by atoms with Gasteiger partial charge in [-0.2, -0.15) is 0 Å². The van der Waals surface area contributed by atoms with Gasteiger partial charge in [0.05, 0.1) is 22.1 Å². The zero-order valence-corrected chi connectivity index (χ0v) is 17.0. The van der Waals surface area contributed by atoms with E-state index in [4.69, 9.17) is 4.98 Å². The lowest BCUT2D eigenvalue weighted by molar-refractivity contribution is 0.795. The molecule has 3 aromatic carbocycles. The van der Waals surface area contributed by atoms with Crippen molar-refractivity contribution in [1.82, 2.24) is 18.7 Å². The minimum Gasteiger partial charge on any atom is -0.295 e. The average molecular weight is 433 g/mol. The third-order valence-electron chi connectivity index (χ3n) is 5.18. The summed E-state index contributed by atoms with van der Waals surface area (Å²) >= 11 is 3.50. The zero-order valence-electron chi connectivity index (χ0n) is 15.4. The lowest BCUT2D eigenvalue weighted by Gasteiger charge is -2.10. The van der Waals surface area contributed by atoms with E-state index in [0.29, 0.717) is 0 Å². The van der Waals surface area contributed by atoms with Crippen molar-refractivity contribution in [3.8, 4) is 17.1 Å². The maximum atomic E-state index is 12.3. The van der Waals surface area contributed by atoms with Crippen LogP contribution < -0.4 is 5.69 Å². The van der Waals surface area contributed by atoms with Gasteiger partial charge in [0.25, 0.3) is 0 Å². The van der Waals surface area contributed by atoms with E-state index in [9.17, 15) is 4.79 Å². The zero-order chi connectivity index (χ0) is 19.4.